The van der Waals surface area contributed by atoms with Crippen LogP contribution in [0.2, 0.25) is 0 Å². The molecule has 0 bridgehead atoms. The average molecular weight is 291 g/mol. The molecule has 0 saturated carbocycles. The van der Waals surface area contributed by atoms with Crippen LogP contribution in [0.5, 0.6) is 0 Å². The van der Waals surface area contributed by atoms with Crippen LogP contribution in [0, 0.1) is 0 Å². The molecule has 84 valence electrons. The zero-order chi connectivity index (χ0) is 11.4. The fourth-order valence-corrected chi connectivity index (χ4v) is 2.39. The summed E-state index contributed by atoms with van der Waals surface area (Å²) in [5.74, 6) is 0.101. The van der Waals surface area contributed by atoms with Gasteiger partial charge in [-0.2, -0.15) is 0 Å². The summed E-state index contributed by atoms with van der Waals surface area (Å²) in [5.41, 5.74) is 1.20. The normalized spacial score (nSPS) is 12.5. The second-order valence-corrected chi connectivity index (χ2v) is 5.88. The molecular weight excluding hydrogens is 276 g/mol. The summed E-state index contributed by atoms with van der Waals surface area (Å²) in [6.45, 7) is 2.60. The topological polar surface area (TPSA) is 32.3 Å². The number of carbonyl (C=O) groups is 1. The highest BCUT2D eigenvalue weighted by atomic mass is 79.9. The van der Waals surface area contributed by atoms with Gasteiger partial charge in [0.1, 0.15) is 0 Å². The Morgan fingerprint density at radius 3 is 2.80 bits per heavy atom. The summed E-state index contributed by atoms with van der Waals surface area (Å²) in [6.07, 6.45) is 0. The van der Waals surface area contributed by atoms with Gasteiger partial charge < -0.3 is 10.2 Å². The van der Waals surface area contributed by atoms with E-state index in [-0.39, 0.29) is 11.9 Å². The first-order valence-electron chi connectivity index (χ1n) is 4.68. The standard InChI is InChI=1S/C10H15BrN2OS/c1-7(10(14)13(2)3)12-5-8-4-9(11)15-6-8/h4,6-7,12H,5H2,1-3H3/t7-/m1/s1. The number of carbonyl (C=O) groups excluding carboxylic acids is 1. The van der Waals surface area contributed by atoms with Gasteiger partial charge in [0.2, 0.25) is 5.91 Å². The number of likely N-dealkylation sites (N-methyl/N-ethyl adjacent to an activating group) is 1. The van der Waals surface area contributed by atoms with E-state index in [2.05, 4.69) is 32.7 Å². The highest BCUT2D eigenvalue weighted by Gasteiger charge is 2.13. The third-order valence-corrected chi connectivity index (χ3v) is 3.60. The van der Waals surface area contributed by atoms with Crippen molar-refractivity contribution in [3.05, 3.63) is 20.8 Å². The van der Waals surface area contributed by atoms with Gasteiger partial charge in [0.15, 0.2) is 0 Å². The Kier molecular flexibility index (Phi) is 4.76. The molecule has 1 aromatic heterocycles. The molecular formula is C10H15BrN2OS. The monoisotopic (exact) mass is 290 g/mol. The molecule has 5 heteroatoms. The van der Waals surface area contributed by atoms with E-state index in [1.807, 2.05) is 6.92 Å². The van der Waals surface area contributed by atoms with Crippen LogP contribution < -0.4 is 5.32 Å². The number of nitrogens with zero attached hydrogens (tertiary/aromatic N) is 1. The first kappa shape index (κ1) is 12.7. The summed E-state index contributed by atoms with van der Waals surface area (Å²) in [7, 11) is 3.53. The predicted molar refractivity (Wildman–Crippen MR) is 67.0 cm³/mol. The maximum Gasteiger partial charge on any atom is 0.238 e. The number of rotatable bonds is 4. The van der Waals surface area contributed by atoms with E-state index in [0.717, 1.165) is 10.3 Å². The summed E-state index contributed by atoms with van der Waals surface area (Å²) < 4.78 is 1.12. The van der Waals surface area contributed by atoms with Gasteiger partial charge in [-0.1, -0.05) is 0 Å². The lowest BCUT2D eigenvalue weighted by atomic mass is 10.2. The molecule has 1 amide bonds. The van der Waals surface area contributed by atoms with Crippen molar-refractivity contribution in [3.8, 4) is 0 Å². The minimum absolute atomic E-state index is 0.101. The zero-order valence-electron chi connectivity index (χ0n) is 9.08. The molecule has 0 fully saturated rings. The molecule has 0 aromatic carbocycles. The van der Waals surface area contributed by atoms with E-state index in [4.69, 9.17) is 0 Å². The molecule has 0 aliphatic rings. The van der Waals surface area contributed by atoms with Crippen molar-refractivity contribution in [2.24, 2.45) is 0 Å². The molecule has 0 spiro atoms. The maximum absolute atomic E-state index is 11.5. The molecule has 0 aliphatic carbocycles. The average Bonchev–Trinajstić information content (AvgIpc) is 2.59. The largest absolute Gasteiger partial charge is 0.347 e. The Balaban J connectivity index is 2.40. The van der Waals surface area contributed by atoms with Crippen LogP contribution in [0.1, 0.15) is 12.5 Å². The second kappa shape index (κ2) is 5.63. The lowest BCUT2D eigenvalue weighted by molar-refractivity contribution is -0.130. The number of hydrogen-bond donors (Lipinski definition) is 1. The van der Waals surface area contributed by atoms with Crippen molar-refractivity contribution >= 4 is 33.2 Å². The Morgan fingerprint density at radius 1 is 1.67 bits per heavy atom. The Bertz CT molecular complexity index is 338. The van der Waals surface area contributed by atoms with Crippen molar-refractivity contribution in [1.82, 2.24) is 10.2 Å². The number of amides is 1. The Labute approximate surface area is 103 Å². The summed E-state index contributed by atoms with van der Waals surface area (Å²) >= 11 is 5.06. The quantitative estimate of drug-likeness (QED) is 0.921. The van der Waals surface area contributed by atoms with Crippen LogP contribution in [-0.4, -0.2) is 30.9 Å². The first-order valence-corrected chi connectivity index (χ1v) is 6.35. The maximum atomic E-state index is 11.5. The van der Waals surface area contributed by atoms with Gasteiger partial charge in [-0.05, 0) is 39.9 Å². The van der Waals surface area contributed by atoms with E-state index in [9.17, 15) is 4.79 Å². The third-order valence-electron chi connectivity index (χ3n) is 2.05. The number of nitrogens with one attached hydrogen (secondary N) is 1. The molecule has 1 rings (SSSR count). The lowest BCUT2D eigenvalue weighted by Gasteiger charge is -2.17. The predicted octanol–water partition coefficient (Wildman–Crippen LogP) is 2.08. The lowest BCUT2D eigenvalue weighted by Crippen LogP contribution is -2.41. The highest BCUT2D eigenvalue weighted by Crippen LogP contribution is 2.20. The van der Waals surface area contributed by atoms with E-state index in [1.165, 1.54) is 5.56 Å². The van der Waals surface area contributed by atoms with Gasteiger partial charge >= 0.3 is 0 Å². The van der Waals surface area contributed by atoms with Gasteiger partial charge in [-0.3, -0.25) is 4.79 Å². The van der Waals surface area contributed by atoms with Crippen molar-refractivity contribution in [3.63, 3.8) is 0 Å². The van der Waals surface area contributed by atoms with Crippen LogP contribution in [0.15, 0.2) is 15.2 Å². The summed E-state index contributed by atoms with van der Waals surface area (Å²) in [5, 5.41) is 5.26. The van der Waals surface area contributed by atoms with Crippen molar-refractivity contribution in [2.45, 2.75) is 19.5 Å². The summed E-state index contributed by atoms with van der Waals surface area (Å²) in [4.78, 5) is 13.1. The van der Waals surface area contributed by atoms with Gasteiger partial charge in [0.05, 0.1) is 9.83 Å². The number of halogens is 1. The van der Waals surface area contributed by atoms with Crippen LogP contribution in [0.3, 0.4) is 0 Å². The van der Waals surface area contributed by atoms with E-state index < -0.39 is 0 Å². The molecule has 0 aliphatic heterocycles. The molecule has 3 nitrogen and oxygen atoms in total. The van der Waals surface area contributed by atoms with Crippen LogP contribution in [0.25, 0.3) is 0 Å². The number of hydrogen-bond acceptors (Lipinski definition) is 3. The fourth-order valence-electron chi connectivity index (χ4n) is 1.18. The van der Waals surface area contributed by atoms with E-state index >= 15 is 0 Å². The highest BCUT2D eigenvalue weighted by molar-refractivity contribution is 9.11. The van der Waals surface area contributed by atoms with Crippen molar-refractivity contribution in [1.29, 1.82) is 0 Å². The minimum Gasteiger partial charge on any atom is -0.347 e. The van der Waals surface area contributed by atoms with Crippen molar-refractivity contribution in [2.75, 3.05) is 14.1 Å². The molecule has 1 atom stereocenters. The van der Waals surface area contributed by atoms with Crippen LogP contribution >= 0.6 is 27.3 Å². The molecule has 1 heterocycles. The molecule has 1 N–H and O–H groups in total. The smallest absolute Gasteiger partial charge is 0.238 e. The minimum atomic E-state index is -0.140. The molecule has 1 aromatic rings. The third kappa shape index (κ3) is 3.93. The Hall–Kier alpha value is -0.390. The van der Waals surface area contributed by atoms with Crippen molar-refractivity contribution < 1.29 is 4.79 Å². The Morgan fingerprint density at radius 2 is 2.33 bits per heavy atom. The van der Waals surface area contributed by atoms with Gasteiger partial charge in [0, 0.05) is 20.6 Å². The van der Waals surface area contributed by atoms with E-state index in [0.29, 0.717) is 0 Å². The van der Waals surface area contributed by atoms with Gasteiger partial charge in [-0.15, -0.1) is 11.3 Å². The molecule has 0 saturated heterocycles. The first-order chi connectivity index (χ1) is 7.00. The van der Waals surface area contributed by atoms with Crippen LogP contribution in [-0.2, 0) is 11.3 Å². The van der Waals surface area contributed by atoms with Gasteiger partial charge in [-0.25, -0.2) is 0 Å². The molecule has 15 heavy (non-hydrogen) atoms. The number of thiophene rings is 1. The summed E-state index contributed by atoms with van der Waals surface area (Å²) in [6, 6.07) is 1.92. The zero-order valence-corrected chi connectivity index (χ0v) is 11.5. The SMILES string of the molecule is C[C@@H](NCc1csc(Br)c1)C(=O)N(C)C. The van der Waals surface area contributed by atoms with Crippen LogP contribution in [0.4, 0.5) is 0 Å². The molecule has 0 radical (unpaired) electrons. The fraction of sp³-hybridized carbons (Fsp3) is 0.500. The second-order valence-electron chi connectivity index (χ2n) is 3.59. The van der Waals surface area contributed by atoms with E-state index in [1.54, 1.807) is 30.3 Å². The molecule has 0 unspecified atom stereocenters. The van der Waals surface area contributed by atoms with Gasteiger partial charge in [0.25, 0.3) is 0 Å².